The molecule has 0 aliphatic carbocycles. The second-order valence-electron chi connectivity index (χ2n) is 4.85. The quantitative estimate of drug-likeness (QED) is 0.316. The summed E-state index contributed by atoms with van der Waals surface area (Å²) in [6.45, 7) is 0.504. The lowest BCUT2D eigenvalue weighted by Crippen LogP contribution is -2.36. The molecule has 10 nitrogen and oxygen atoms in total. The minimum Gasteiger partial charge on any atom is -0.466 e. The van der Waals surface area contributed by atoms with Gasteiger partial charge in [-0.05, 0) is 0 Å². The molecular weight excluding hydrogens is 348 g/mol. The van der Waals surface area contributed by atoms with Crippen molar-refractivity contribution in [2.24, 2.45) is 0 Å². The number of nitrogens with one attached hydrogen (secondary N) is 1. The van der Waals surface area contributed by atoms with Crippen molar-refractivity contribution in [2.45, 2.75) is 6.10 Å². The number of rotatable bonds is 9. The lowest BCUT2D eigenvalue weighted by atomic mass is 10.3. The molecule has 1 aliphatic heterocycles. The standard InChI is InChI=1S/C16H20N2O8/c1-23-13(19)3-5-15(21)25-10-12(9-18-8-7-17-11-18)26-16(22)6-4-14(20)24-2/h3-8,12,17H,9-11H2,1-2H3/b5-3+,6-4+. The van der Waals surface area contributed by atoms with E-state index in [1.165, 1.54) is 14.2 Å². The maximum atomic E-state index is 11.8. The van der Waals surface area contributed by atoms with Crippen LogP contribution in [0.2, 0.25) is 0 Å². The Morgan fingerprint density at radius 2 is 1.58 bits per heavy atom. The molecule has 0 radical (unpaired) electrons. The molecule has 1 N–H and O–H groups in total. The predicted octanol–water partition coefficient (Wildman–Crippen LogP) is -0.766. The molecule has 0 saturated heterocycles. The van der Waals surface area contributed by atoms with Crippen molar-refractivity contribution in [3.63, 3.8) is 0 Å². The Labute approximate surface area is 150 Å². The van der Waals surface area contributed by atoms with Gasteiger partial charge in [0.05, 0.1) is 27.4 Å². The molecule has 0 bridgehead atoms. The van der Waals surface area contributed by atoms with Gasteiger partial charge < -0.3 is 29.2 Å². The number of esters is 4. The van der Waals surface area contributed by atoms with E-state index >= 15 is 0 Å². The summed E-state index contributed by atoms with van der Waals surface area (Å²) in [5.41, 5.74) is 0. The fourth-order valence-electron chi connectivity index (χ4n) is 1.73. The number of carbonyl (C=O) groups is 4. The molecule has 1 atom stereocenters. The summed E-state index contributed by atoms with van der Waals surface area (Å²) in [5, 5.41) is 2.94. The van der Waals surface area contributed by atoms with Crippen LogP contribution in [-0.4, -0.2) is 68.9 Å². The van der Waals surface area contributed by atoms with Gasteiger partial charge in [0.2, 0.25) is 0 Å². The van der Waals surface area contributed by atoms with Gasteiger partial charge in [0.15, 0.2) is 6.10 Å². The largest absolute Gasteiger partial charge is 0.466 e. The Kier molecular flexibility index (Phi) is 9.01. The van der Waals surface area contributed by atoms with Gasteiger partial charge in [-0.1, -0.05) is 0 Å². The summed E-state index contributed by atoms with van der Waals surface area (Å²) in [7, 11) is 2.35. The van der Waals surface area contributed by atoms with Crippen LogP contribution in [0.1, 0.15) is 0 Å². The third-order valence-electron chi connectivity index (χ3n) is 2.94. The Balaban J connectivity index is 2.59. The highest BCUT2D eigenvalue weighted by molar-refractivity contribution is 5.92. The lowest BCUT2D eigenvalue weighted by molar-refractivity contribution is -0.153. The molecule has 0 aromatic carbocycles. The zero-order chi connectivity index (χ0) is 19.4. The Morgan fingerprint density at radius 3 is 2.12 bits per heavy atom. The first-order chi connectivity index (χ1) is 12.4. The molecule has 0 amide bonds. The van der Waals surface area contributed by atoms with Crippen molar-refractivity contribution in [2.75, 3.05) is 34.0 Å². The normalized spacial score (nSPS) is 14.2. The average Bonchev–Trinajstić information content (AvgIpc) is 3.14. The number of carbonyl (C=O) groups excluding carboxylic acids is 4. The van der Waals surface area contributed by atoms with Gasteiger partial charge in [0.25, 0.3) is 0 Å². The van der Waals surface area contributed by atoms with Gasteiger partial charge >= 0.3 is 23.9 Å². The molecule has 1 heterocycles. The zero-order valence-electron chi connectivity index (χ0n) is 14.4. The van der Waals surface area contributed by atoms with Gasteiger partial charge in [0.1, 0.15) is 6.61 Å². The highest BCUT2D eigenvalue weighted by Crippen LogP contribution is 2.04. The smallest absolute Gasteiger partial charge is 0.331 e. The lowest BCUT2D eigenvalue weighted by Gasteiger charge is -2.22. The van der Waals surface area contributed by atoms with Crippen LogP contribution in [0.15, 0.2) is 36.7 Å². The van der Waals surface area contributed by atoms with E-state index in [2.05, 4.69) is 14.8 Å². The number of hydrogen-bond donors (Lipinski definition) is 1. The number of nitrogens with zero attached hydrogens (tertiary/aromatic N) is 1. The second-order valence-corrected chi connectivity index (χ2v) is 4.85. The molecule has 1 aliphatic rings. The van der Waals surface area contributed by atoms with Gasteiger partial charge in [-0.3, -0.25) is 0 Å². The first-order valence-electron chi connectivity index (χ1n) is 7.48. The van der Waals surface area contributed by atoms with Crippen LogP contribution in [-0.2, 0) is 38.1 Å². The van der Waals surface area contributed by atoms with Crippen molar-refractivity contribution in [3.8, 4) is 0 Å². The van der Waals surface area contributed by atoms with E-state index in [9.17, 15) is 19.2 Å². The van der Waals surface area contributed by atoms with Gasteiger partial charge in [-0.2, -0.15) is 0 Å². The minimum atomic E-state index is -0.801. The molecule has 0 aromatic rings. The van der Waals surface area contributed by atoms with Crippen molar-refractivity contribution in [1.29, 1.82) is 0 Å². The maximum Gasteiger partial charge on any atom is 0.331 e. The third kappa shape index (κ3) is 8.52. The van der Waals surface area contributed by atoms with E-state index in [-0.39, 0.29) is 13.2 Å². The molecule has 10 heteroatoms. The summed E-state index contributed by atoms with van der Waals surface area (Å²) in [6, 6.07) is 0. The van der Waals surface area contributed by atoms with E-state index < -0.39 is 30.0 Å². The van der Waals surface area contributed by atoms with Crippen LogP contribution in [0, 0.1) is 0 Å². The van der Waals surface area contributed by atoms with Crippen molar-refractivity contribution in [3.05, 3.63) is 36.7 Å². The Bertz CT molecular complexity index is 611. The van der Waals surface area contributed by atoms with E-state index in [0.717, 1.165) is 24.3 Å². The fraction of sp³-hybridized carbons (Fsp3) is 0.375. The monoisotopic (exact) mass is 368 g/mol. The average molecular weight is 368 g/mol. The van der Waals surface area contributed by atoms with Gasteiger partial charge in [-0.15, -0.1) is 0 Å². The molecule has 0 fully saturated rings. The van der Waals surface area contributed by atoms with Gasteiger partial charge in [0, 0.05) is 36.7 Å². The molecule has 142 valence electrons. The molecule has 0 saturated carbocycles. The first kappa shape index (κ1) is 20.7. The summed E-state index contributed by atoms with van der Waals surface area (Å²) in [4.78, 5) is 47.0. The van der Waals surface area contributed by atoms with Crippen LogP contribution in [0.3, 0.4) is 0 Å². The van der Waals surface area contributed by atoms with Crippen molar-refractivity contribution < 1.29 is 38.1 Å². The highest BCUT2D eigenvalue weighted by Gasteiger charge is 2.19. The number of hydrogen-bond acceptors (Lipinski definition) is 10. The molecule has 1 rings (SSSR count). The Morgan fingerprint density at radius 1 is 1.00 bits per heavy atom. The van der Waals surface area contributed by atoms with Gasteiger partial charge in [-0.25, -0.2) is 19.2 Å². The summed E-state index contributed by atoms with van der Waals surface area (Å²) < 4.78 is 18.9. The predicted molar refractivity (Wildman–Crippen MR) is 87.0 cm³/mol. The number of ether oxygens (including phenoxy) is 4. The van der Waals surface area contributed by atoms with Crippen molar-refractivity contribution in [1.82, 2.24) is 10.2 Å². The third-order valence-corrected chi connectivity index (χ3v) is 2.94. The summed E-state index contributed by atoms with van der Waals surface area (Å²) >= 11 is 0. The molecule has 0 spiro atoms. The molecular formula is C16H20N2O8. The van der Waals surface area contributed by atoms with E-state index in [4.69, 9.17) is 9.47 Å². The van der Waals surface area contributed by atoms with Crippen LogP contribution in [0.4, 0.5) is 0 Å². The zero-order valence-corrected chi connectivity index (χ0v) is 14.4. The van der Waals surface area contributed by atoms with E-state index in [1.54, 1.807) is 17.3 Å². The maximum absolute atomic E-state index is 11.8. The molecule has 26 heavy (non-hydrogen) atoms. The topological polar surface area (TPSA) is 120 Å². The number of methoxy groups -OCH3 is 2. The molecule has 0 aromatic heterocycles. The summed E-state index contributed by atoms with van der Waals surface area (Å²) in [5.74, 6) is -3.00. The second kappa shape index (κ2) is 11.3. The fourth-order valence-corrected chi connectivity index (χ4v) is 1.73. The van der Waals surface area contributed by atoms with Crippen molar-refractivity contribution >= 4 is 23.9 Å². The highest BCUT2D eigenvalue weighted by atomic mass is 16.6. The van der Waals surface area contributed by atoms with Crippen LogP contribution in [0.5, 0.6) is 0 Å². The minimum absolute atomic E-state index is 0.244. The Hall–Kier alpha value is -3.30. The summed E-state index contributed by atoms with van der Waals surface area (Å²) in [6.07, 6.45) is 6.29. The first-order valence-corrected chi connectivity index (χ1v) is 7.48. The molecule has 1 unspecified atom stereocenters. The SMILES string of the molecule is COC(=O)/C=C/C(=O)OCC(CN1C=CNC1)OC(=O)/C=C/C(=O)OC. The van der Waals surface area contributed by atoms with Crippen LogP contribution < -0.4 is 5.32 Å². The van der Waals surface area contributed by atoms with Crippen LogP contribution in [0.25, 0.3) is 0 Å². The van der Waals surface area contributed by atoms with E-state index in [0.29, 0.717) is 6.67 Å². The van der Waals surface area contributed by atoms with Crippen LogP contribution >= 0.6 is 0 Å². The van der Waals surface area contributed by atoms with E-state index in [1.807, 2.05) is 0 Å².